The number of anilines is 2. The third-order valence-electron chi connectivity index (χ3n) is 2.98. The van der Waals surface area contributed by atoms with Gasteiger partial charge in [0.2, 0.25) is 0 Å². The van der Waals surface area contributed by atoms with Gasteiger partial charge < -0.3 is 15.4 Å². The quantitative estimate of drug-likeness (QED) is 0.454. The lowest BCUT2D eigenvalue weighted by Gasteiger charge is -2.15. The fourth-order valence-electron chi connectivity index (χ4n) is 1.92. The molecule has 120 valence electrons. The fourth-order valence-corrected chi connectivity index (χ4v) is 1.92. The summed E-state index contributed by atoms with van der Waals surface area (Å²) in [4.78, 5) is 9.72. The summed E-state index contributed by atoms with van der Waals surface area (Å²) < 4.78 is 39.2. The van der Waals surface area contributed by atoms with Gasteiger partial charge >= 0.3 is 13.3 Å². The predicted octanol–water partition coefficient (Wildman–Crippen LogP) is 2.04. The molecule has 0 heterocycles. The number of hydrogen-bond acceptors (Lipinski definition) is 5. The molecule has 23 heavy (non-hydrogen) atoms. The second-order valence-corrected chi connectivity index (χ2v) is 4.61. The Kier molecular flexibility index (Phi) is 4.57. The molecule has 0 aliphatic carbocycles. The van der Waals surface area contributed by atoms with E-state index in [0.717, 1.165) is 12.1 Å². The van der Waals surface area contributed by atoms with E-state index in [1.165, 1.54) is 24.3 Å². The van der Waals surface area contributed by atoms with Gasteiger partial charge in [0.05, 0.1) is 16.2 Å². The smallest absolute Gasteiger partial charge is 0.423 e. The van der Waals surface area contributed by atoms with Gasteiger partial charge in [-0.15, -0.1) is 0 Å². The number of nitrogens with zero attached hydrogens (tertiary/aromatic N) is 1. The third kappa shape index (κ3) is 3.99. The first-order valence-corrected chi connectivity index (χ1v) is 6.27. The lowest BCUT2D eigenvalue weighted by atomic mass is 9.80. The Hall–Kier alpha value is -2.59. The molecule has 0 fully saturated rings. The van der Waals surface area contributed by atoms with Crippen LogP contribution in [0.15, 0.2) is 42.5 Å². The predicted molar refractivity (Wildman–Crippen MR) is 77.6 cm³/mol. The molecule has 0 unspecified atom stereocenters. The number of nitro benzene ring substituents is 1. The molecule has 3 N–H and O–H groups in total. The van der Waals surface area contributed by atoms with E-state index in [1.807, 2.05) is 0 Å². The van der Waals surface area contributed by atoms with Crippen molar-refractivity contribution in [3.05, 3.63) is 58.1 Å². The zero-order chi connectivity index (χ0) is 17.2. The van der Waals surface area contributed by atoms with Crippen LogP contribution in [0.25, 0.3) is 0 Å². The third-order valence-corrected chi connectivity index (χ3v) is 2.98. The van der Waals surface area contributed by atoms with Crippen LogP contribution in [0.4, 0.5) is 30.2 Å². The summed E-state index contributed by atoms with van der Waals surface area (Å²) in [6.07, 6.45) is -4.79. The van der Waals surface area contributed by atoms with Crippen LogP contribution in [-0.4, -0.2) is 22.1 Å². The molecule has 2 rings (SSSR count). The number of alkyl halides is 3. The van der Waals surface area contributed by atoms with E-state index in [9.17, 15) is 23.3 Å². The van der Waals surface area contributed by atoms with E-state index in [1.54, 1.807) is 0 Å². The van der Waals surface area contributed by atoms with E-state index in [2.05, 4.69) is 5.32 Å². The van der Waals surface area contributed by atoms with Crippen molar-refractivity contribution in [1.82, 2.24) is 0 Å². The molecule has 0 aliphatic rings. The summed E-state index contributed by atoms with van der Waals surface area (Å²) >= 11 is 0. The minimum Gasteiger partial charge on any atom is -0.423 e. The van der Waals surface area contributed by atoms with Crippen molar-refractivity contribution in [2.45, 2.75) is 6.18 Å². The normalized spacial score (nSPS) is 11.2. The highest BCUT2D eigenvalue weighted by Crippen LogP contribution is 2.38. The Labute approximate surface area is 128 Å². The molecule has 10 heteroatoms. The minimum absolute atomic E-state index is 0.0884. The van der Waals surface area contributed by atoms with Crippen molar-refractivity contribution in [3.8, 4) is 0 Å². The van der Waals surface area contributed by atoms with Crippen LogP contribution in [0.1, 0.15) is 5.56 Å². The molecule has 0 aliphatic heterocycles. The molecular formula is C13H10BF3N2O4. The van der Waals surface area contributed by atoms with Gasteiger partial charge in [0.15, 0.2) is 0 Å². The van der Waals surface area contributed by atoms with E-state index in [-0.39, 0.29) is 16.8 Å². The SMILES string of the molecule is O=[N+]([O-])c1ccc(Nc2cccc(B(O)O)c2)c(C(F)(F)F)c1. The zero-order valence-corrected chi connectivity index (χ0v) is 11.4. The molecule has 0 amide bonds. The average Bonchev–Trinajstić information content (AvgIpc) is 2.46. The molecule has 0 bridgehead atoms. The Balaban J connectivity index is 2.43. The second kappa shape index (κ2) is 6.27. The van der Waals surface area contributed by atoms with E-state index in [0.29, 0.717) is 6.07 Å². The molecule has 0 radical (unpaired) electrons. The lowest BCUT2D eigenvalue weighted by Crippen LogP contribution is -2.29. The first kappa shape index (κ1) is 16.8. The zero-order valence-electron chi connectivity index (χ0n) is 11.4. The van der Waals surface area contributed by atoms with Gasteiger partial charge in [0.25, 0.3) is 5.69 Å². The fraction of sp³-hybridized carbons (Fsp3) is 0.0769. The van der Waals surface area contributed by atoms with Crippen molar-refractivity contribution in [1.29, 1.82) is 0 Å². The maximum Gasteiger partial charge on any atom is 0.488 e. The van der Waals surface area contributed by atoms with Crippen molar-refractivity contribution in [2.24, 2.45) is 0 Å². The van der Waals surface area contributed by atoms with Gasteiger partial charge in [-0.25, -0.2) is 0 Å². The highest BCUT2D eigenvalue weighted by Gasteiger charge is 2.35. The van der Waals surface area contributed by atoms with Crippen molar-refractivity contribution >= 4 is 29.6 Å². The highest BCUT2D eigenvalue weighted by atomic mass is 19.4. The van der Waals surface area contributed by atoms with Crippen LogP contribution >= 0.6 is 0 Å². The van der Waals surface area contributed by atoms with E-state index < -0.39 is 29.5 Å². The summed E-state index contributed by atoms with van der Waals surface area (Å²) in [5.74, 6) is 0. The highest BCUT2D eigenvalue weighted by molar-refractivity contribution is 6.58. The molecule has 0 saturated heterocycles. The Morgan fingerprint density at radius 2 is 1.83 bits per heavy atom. The standard InChI is InChI=1S/C13H10BF3N2O4/c15-13(16,17)11-7-10(19(22)23)4-5-12(11)18-9-3-1-2-8(6-9)14(20)21/h1-7,18,20-21H. The molecular weight excluding hydrogens is 316 g/mol. The monoisotopic (exact) mass is 326 g/mol. The first-order valence-electron chi connectivity index (χ1n) is 6.27. The van der Waals surface area contributed by atoms with Gasteiger partial charge in [0, 0.05) is 17.8 Å². The summed E-state index contributed by atoms with van der Waals surface area (Å²) in [5.41, 5.74) is -1.99. The molecule has 6 nitrogen and oxygen atoms in total. The van der Waals surface area contributed by atoms with Gasteiger partial charge in [-0.3, -0.25) is 10.1 Å². The summed E-state index contributed by atoms with van der Waals surface area (Å²) in [6, 6.07) is 7.82. The molecule has 0 aromatic heterocycles. The van der Waals surface area contributed by atoms with Crippen LogP contribution in [0.5, 0.6) is 0 Å². The number of benzene rings is 2. The molecule has 0 atom stereocenters. The van der Waals surface area contributed by atoms with E-state index in [4.69, 9.17) is 10.0 Å². The van der Waals surface area contributed by atoms with Crippen LogP contribution in [0.2, 0.25) is 0 Å². The molecule has 2 aromatic carbocycles. The van der Waals surface area contributed by atoms with Crippen molar-refractivity contribution in [3.63, 3.8) is 0 Å². The van der Waals surface area contributed by atoms with Crippen LogP contribution < -0.4 is 10.8 Å². The molecule has 0 spiro atoms. The maximum absolute atomic E-state index is 13.1. The number of nitro groups is 1. The van der Waals surface area contributed by atoms with Crippen LogP contribution in [0, 0.1) is 10.1 Å². The number of non-ortho nitro benzene ring substituents is 1. The van der Waals surface area contributed by atoms with Crippen LogP contribution in [0.3, 0.4) is 0 Å². The number of rotatable bonds is 4. The van der Waals surface area contributed by atoms with Gasteiger partial charge in [-0.2, -0.15) is 13.2 Å². The number of hydrogen-bond donors (Lipinski definition) is 3. The Morgan fingerprint density at radius 1 is 1.13 bits per heavy atom. The second-order valence-electron chi connectivity index (χ2n) is 4.61. The van der Waals surface area contributed by atoms with Gasteiger partial charge in [-0.1, -0.05) is 12.1 Å². The van der Waals surface area contributed by atoms with Gasteiger partial charge in [0.1, 0.15) is 0 Å². The minimum atomic E-state index is -4.79. The summed E-state index contributed by atoms with van der Waals surface area (Å²) in [6.45, 7) is 0. The van der Waals surface area contributed by atoms with E-state index >= 15 is 0 Å². The lowest BCUT2D eigenvalue weighted by molar-refractivity contribution is -0.385. The Bertz CT molecular complexity index is 737. The van der Waals surface area contributed by atoms with Crippen molar-refractivity contribution < 1.29 is 28.1 Å². The van der Waals surface area contributed by atoms with Crippen molar-refractivity contribution in [2.75, 3.05) is 5.32 Å². The topological polar surface area (TPSA) is 95.6 Å². The summed E-state index contributed by atoms with van der Waals surface area (Å²) in [7, 11) is -1.77. The molecule has 2 aromatic rings. The molecule has 0 saturated carbocycles. The Morgan fingerprint density at radius 3 is 2.39 bits per heavy atom. The summed E-state index contributed by atoms with van der Waals surface area (Å²) in [5, 5.41) is 31.2. The van der Waals surface area contributed by atoms with Gasteiger partial charge in [-0.05, 0) is 23.7 Å². The first-order chi connectivity index (χ1) is 10.7. The average molecular weight is 326 g/mol. The van der Waals surface area contributed by atoms with Crippen LogP contribution in [-0.2, 0) is 6.18 Å². The number of halogens is 3. The maximum atomic E-state index is 13.1. The number of nitrogens with one attached hydrogen (secondary N) is 1. The largest absolute Gasteiger partial charge is 0.488 e.